The van der Waals surface area contributed by atoms with Crippen LogP contribution in [0.1, 0.15) is 0 Å². The molecule has 0 N–H and O–H groups in total. The Morgan fingerprint density at radius 2 is 1.92 bits per heavy atom. The Morgan fingerprint density at radius 3 is 2.46 bits per heavy atom. The van der Waals surface area contributed by atoms with Crippen molar-refractivity contribution in [3.63, 3.8) is 0 Å². The zero-order valence-electron chi connectivity index (χ0n) is 7.23. The van der Waals surface area contributed by atoms with Crippen molar-refractivity contribution in [1.29, 1.82) is 0 Å². The Morgan fingerprint density at radius 1 is 1.23 bits per heavy atom. The summed E-state index contributed by atoms with van der Waals surface area (Å²) >= 11 is 0. The van der Waals surface area contributed by atoms with Crippen molar-refractivity contribution in [3.8, 4) is 0 Å². The van der Waals surface area contributed by atoms with Gasteiger partial charge in [0.1, 0.15) is 6.67 Å². The minimum Gasteiger partial charge on any atom is -0.372 e. The first-order valence-electron chi connectivity index (χ1n) is 3.87. The van der Waals surface area contributed by atoms with E-state index in [1.807, 2.05) is 0 Å². The van der Waals surface area contributed by atoms with E-state index in [9.17, 15) is 13.2 Å². The van der Waals surface area contributed by atoms with E-state index in [4.69, 9.17) is 0 Å². The zero-order valence-corrected chi connectivity index (χ0v) is 7.23. The molecule has 0 fully saturated rings. The molecule has 1 aromatic rings. The molecule has 0 atom stereocenters. The van der Waals surface area contributed by atoms with Gasteiger partial charge >= 0.3 is 0 Å². The number of benzene rings is 1. The van der Waals surface area contributed by atoms with Crippen LogP contribution in [0.3, 0.4) is 0 Å². The summed E-state index contributed by atoms with van der Waals surface area (Å²) in [7, 11) is 1.62. The zero-order chi connectivity index (χ0) is 9.84. The average Bonchev–Trinajstić information content (AvgIpc) is 2.10. The van der Waals surface area contributed by atoms with Crippen molar-refractivity contribution in [2.45, 2.75) is 0 Å². The molecule has 0 radical (unpaired) electrons. The van der Waals surface area contributed by atoms with Crippen molar-refractivity contribution in [1.82, 2.24) is 0 Å². The fraction of sp³-hybridized carbons (Fsp3) is 0.333. The summed E-state index contributed by atoms with van der Waals surface area (Å²) in [4.78, 5) is 1.52. The Kier molecular flexibility index (Phi) is 3.17. The summed E-state index contributed by atoms with van der Waals surface area (Å²) in [5.41, 5.74) is 0.469. The molecule has 0 heterocycles. The van der Waals surface area contributed by atoms with E-state index >= 15 is 0 Å². The van der Waals surface area contributed by atoms with Gasteiger partial charge in [0, 0.05) is 25.3 Å². The maximum Gasteiger partial charge on any atom is 0.160 e. The van der Waals surface area contributed by atoms with Gasteiger partial charge in [0.25, 0.3) is 0 Å². The van der Waals surface area contributed by atoms with Gasteiger partial charge in [0.15, 0.2) is 11.6 Å². The monoisotopic (exact) mass is 189 g/mol. The molecule has 13 heavy (non-hydrogen) atoms. The van der Waals surface area contributed by atoms with Gasteiger partial charge in [0.2, 0.25) is 0 Å². The van der Waals surface area contributed by atoms with E-state index in [-0.39, 0.29) is 6.54 Å². The number of hydrogen-bond donors (Lipinski definition) is 0. The summed E-state index contributed by atoms with van der Waals surface area (Å²) in [6, 6.07) is 3.48. The third-order valence-electron chi connectivity index (χ3n) is 1.76. The summed E-state index contributed by atoms with van der Waals surface area (Å²) in [5.74, 6) is -1.80. The van der Waals surface area contributed by atoms with E-state index in [0.717, 1.165) is 12.1 Å². The molecule has 0 aliphatic heterocycles. The van der Waals surface area contributed by atoms with Crippen molar-refractivity contribution in [2.75, 3.05) is 25.2 Å². The number of rotatable bonds is 3. The van der Waals surface area contributed by atoms with Gasteiger partial charge in [0.05, 0.1) is 0 Å². The summed E-state index contributed by atoms with van der Waals surface area (Å²) in [5, 5.41) is 0. The lowest BCUT2D eigenvalue weighted by atomic mass is 10.3. The van der Waals surface area contributed by atoms with Crippen molar-refractivity contribution < 1.29 is 13.2 Å². The van der Waals surface area contributed by atoms with E-state index in [1.165, 1.54) is 11.0 Å². The molecule has 0 saturated heterocycles. The fourth-order valence-corrected chi connectivity index (χ4v) is 0.978. The molecule has 1 nitrogen and oxygen atoms in total. The SMILES string of the molecule is CN(CCF)c1ccc(F)c(F)c1. The molecule has 0 unspecified atom stereocenters. The lowest BCUT2D eigenvalue weighted by molar-refractivity contribution is 0.494. The Balaban J connectivity index is 2.84. The lowest BCUT2D eigenvalue weighted by Gasteiger charge is -2.17. The van der Waals surface area contributed by atoms with Crippen LogP contribution in [-0.4, -0.2) is 20.3 Å². The van der Waals surface area contributed by atoms with E-state index in [1.54, 1.807) is 7.05 Å². The minimum atomic E-state index is -0.914. The van der Waals surface area contributed by atoms with Crippen LogP contribution < -0.4 is 4.90 Å². The average molecular weight is 189 g/mol. The molecule has 72 valence electrons. The normalized spacial score (nSPS) is 10.2. The molecule has 0 aliphatic carbocycles. The quantitative estimate of drug-likeness (QED) is 0.705. The highest BCUT2D eigenvalue weighted by Crippen LogP contribution is 2.16. The number of alkyl halides is 1. The molecule has 0 bridgehead atoms. The summed E-state index contributed by atoms with van der Waals surface area (Å²) < 4.78 is 37.1. The fourth-order valence-electron chi connectivity index (χ4n) is 0.978. The smallest absolute Gasteiger partial charge is 0.160 e. The van der Waals surface area contributed by atoms with Gasteiger partial charge in [-0.1, -0.05) is 0 Å². The first kappa shape index (κ1) is 9.89. The Bertz CT molecular complexity index is 288. The van der Waals surface area contributed by atoms with Crippen molar-refractivity contribution >= 4 is 5.69 Å². The van der Waals surface area contributed by atoms with Crippen LogP contribution in [0.4, 0.5) is 18.9 Å². The highest BCUT2D eigenvalue weighted by atomic mass is 19.2. The van der Waals surface area contributed by atoms with Crippen LogP contribution in [0, 0.1) is 11.6 Å². The Labute approximate surface area is 74.8 Å². The molecule has 1 rings (SSSR count). The van der Waals surface area contributed by atoms with Crippen LogP contribution in [-0.2, 0) is 0 Å². The maximum absolute atomic E-state index is 12.7. The number of hydrogen-bond acceptors (Lipinski definition) is 1. The third kappa shape index (κ3) is 2.37. The van der Waals surface area contributed by atoms with Gasteiger partial charge in [-0.15, -0.1) is 0 Å². The molecule has 0 aromatic heterocycles. The summed E-state index contributed by atoms with van der Waals surface area (Å²) in [6.07, 6.45) is 0. The first-order chi connectivity index (χ1) is 6.15. The minimum absolute atomic E-state index is 0.172. The second-order valence-electron chi connectivity index (χ2n) is 2.71. The first-order valence-corrected chi connectivity index (χ1v) is 3.87. The van der Waals surface area contributed by atoms with Crippen molar-refractivity contribution in [3.05, 3.63) is 29.8 Å². The number of nitrogens with zero attached hydrogens (tertiary/aromatic N) is 1. The maximum atomic E-state index is 12.7. The predicted molar refractivity (Wildman–Crippen MR) is 45.6 cm³/mol. The van der Waals surface area contributed by atoms with E-state index < -0.39 is 18.3 Å². The molecule has 1 aromatic carbocycles. The van der Waals surface area contributed by atoms with Gasteiger partial charge in [-0.3, -0.25) is 0 Å². The topological polar surface area (TPSA) is 3.24 Å². The Hall–Kier alpha value is -1.19. The molecule has 0 spiro atoms. The van der Waals surface area contributed by atoms with Crippen molar-refractivity contribution in [2.24, 2.45) is 0 Å². The van der Waals surface area contributed by atoms with Gasteiger partial charge in [-0.2, -0.15) is 0 Å². The molecular formula is C9H10F3N. The van der Waals surface area contributed by atoms with Gasteiger partial charge in [-0.05, 0) is 12.1 Å². The van der Waals surface area contributed by atoms with E-state index in [0.29, 0.717) is 5.69 Å². The lowest BCUT2D eigenvalue weighted by Crippen LogP contribution is -2.19. The van der Waals surface area contributed by atoms with Crippen LogP contribution in [0.25, 0.3) is 0 Å². The van der Waals surface area contributed by atoms with Crippen LogP contribution >= 0.6 is 0 Å². The predicted octanol–water partition coefficient (Wildman–Crippen LogP) is 2.37. The van der Waals surface area contributed by atoms with Crippen LogP contribution in [0.15, 0.2) is 18.2 Å². The van der Waals surface area contributed by atoms with Crippen LogP contribution in [0.5, 0.6) is 0 Å². The third-order valence-corrected chi connectivity index (χ3v) is 1.76. The number of halogens is 3. The van der Waals surface area contributed by atoms with Gasteiger partial charge in [-0.25, -0.2) is 13.2 Å². The van der Waals surface area contributed by atoms with E-state index in [2.05, 4.69) is 0 Å². The highest BCUT2D eigenvalue weighted by molar-refractivity contribution is 5.45. The molecule has 0 amide bonds. The molecule has 0 aliphatic rings. The van der Waals surface area contributed by atoms with Crippen LogP contribution in [0.2, 0.25) is 0 Å². The second kappa shape index (κ2) is 4.16. The number of anilines is 1. The largest absolute Gasteiger partial charge is 0.372 e. The second-order valence-corrected chi connectivity index (χ2v) is 2.71. The highest BCUT2D eigenvalue weighted by Gasteiger charge is 2.05. The standard InChI is InChI=1S/C9H10F3N/c1-13(5-4-10)7-2-3-8(11)9(12)6-7/h2-3,6H,4-5H2,1H3. The summed E-state index contributed by atoms with van der Waals surface area (Å²) in [6.45, 7) is -0.347. The van der Waals surface area contributed by atoms with Gasteiger partial charge < -0.3 is 4.90 Å². The molecule has 0 saturated carbocycles. The molecule has 4 heteroatoms. The molecular weight excluding hydrogens is 179 g/mol.